The van der Waals surface area contributed by atoms with Crippen LogP contribution in [0.15, 0.2) is 24.3 Å². The van der Waals surface area contributed by atoms with Gasteiger partial charge in [0.25, 0.3) is 0 Å². The first-order chi connectivity index (χ1) is 10.5. The van der Waals surface area contributed by atoms with E-state index in [0.717, 1.165) is 37.1 Å². The molecule has 0 heterocycles. The van der Waals surface area contributed by atoms with Gasteiger partial charge in [0.05, 0.1) is 7.11 Å². The number of anilines is 1. The molecule has 2 amide bonds. The van der Waals surface area contributed by atoms with Gasteiger partial charge < -0.3 is 10.1 Å². The van der Waals surface area contributed by atoms with Crippen LogP contribution >= 0.6 is 0 Å². The lowest BCUT2D eigenvalue weighted by molar-refractivity contribution is -0.159. The summed E-state index contributed by atoms with van der Waals surface area (Å²) in [5, 5.41) is 12.3. The number of hydrogen-bond donors (Lipinski definition) is 2. The second kappa shape index (κ2) is 9.78. The van der Waals surface area contributed by atoms with E-state index in [1.807, 2.05) is 0 Å². The van der Waals surface area contributed by atoms with Gasteiger partial charge in [-0.1, -0.05) is 12.8 Å². The second-order valence-electron chi connectivity index (χ2n) is 5.11. The average Bonchev–Trinajstić information content (AvgIpc) is 2.51. The van der Waals surface area contributed by atoms with E-state index >= 15 is 0 Å². The van der Waals surface area contributed by atoms with Gasteiger partial charge in [-0.3, -0.25) is 14.8 Å². The van der Waals surface area contributed by atoms with Gasteiger partial charge in [-0.15, -0.1) is 0 Å². The first kappa shape index (κ1) is 18.0. The standard InChI is InChI=1S/C16H24N2O4/c1-18(21)16(20)8-6-4-3-5-7-15(19)17-13-9-11-14(22-2)12-10-13/h9-12,21H,3-8H2,1-2H3,(H,17,19). The van der Waals surface area contributed by atoms with E-state index in [-0.39, 0.29) is 11.8 Å². The van der Waals surface area contributed by atoms with E-state index in [0.29, 0.717) is 17.9 Å². The Hall–Kier alpha value is -2.08. The van der Waals surface area contributed by atoms with Crippen molar-refractivity contribution >= 4 is 17.5 Å². The van der Waals surface area contributed by atoms with E-state index < -0.39 is 0 Å². The SMILES string of the molecule is COc1ccc(NC(=O)CCCCCCC(=O)N(C)O)cc1. The molecule has 2 N–H and O–H groups in total. The van der Waals surface area contributed by atoms with Gasteiger partial charge in [0.15, 0.2) is 0 Å². The number of unbranched alkanes of at least 4 members (excludes halogenated alkanes) is 3. The summed E-state index contributed by atoms with van der Waals surface area (Å²) in [5.74, 6) is 0.453. The third kappa shape index (κ3) is 7.08. The van der Waals surface area contributed by atoms with Crippen molar-refractivity contribution in [3.05, 3.63) is 24.3 Å². The van der Waals surface area contributed by atoms with E-state index in [4.69, 9.17) is 9.94 Å². The van der Waals surface area contributed by atoms with Gasteiger partial charge in [-0.25, -0.2) is 5.06 Å². The van der Waals surface area contributed by atoms with Crippen molar-refractivity contribution in [3.63, 3.8) is 0 Å². The lowest BCUT2D eigenvalue weighted by atomic mass is 10.1. The Balaban J connectivity index is 2.11. The van der Waals surface area contributed by atoms with Crippen molar-refractivity contribution in [2.75, 3.05) is 19.5 Å². The zero-order valence-corrected chi connectivity index (χ0v) is 13.2. The highest BCUT2D eigenvalue weighted by molar-refractivity contribution is 5.90. The number of methoxy groups -OCH3 is 1. The minimum absolute atomic E-state index is 0.0173. The molecule has 1 aromatic carbocycles. The smallest absolute Gasteiger partial charge is 0.245 e. The van der Waals surface area contributed by atoms with Gasteiger partial charge in [0.1, 0.15) is 5.75 Å². The fourth-order valence-corrected chi connectivity index (χ4v) is 1.97. The molecular formula is C16H24N2O4. The third-order valence-corrected chi connectivity index (χ3v) is 3.28. The van der Waals surface area contributed by atoms with Crippen LogP contribution in [-0.2, 0) is 9.59 Å². The van der Waals surface area contributed by atoms with Crippen molar-refractivity contribution < 1.29 is 19.5 Å². The second-order valence-corrected chi connectivity index (χ2v) is 5.11. The molecule has 0 fully saturated rings. The summed E-state index contributed by atoms with van der Waals surface area (Å²) in [6.45, 7) is 0. The molecule has 122 valence electrons. The normalized spacial score (nSPS) is 10.1. The zero-order chi connectivity index (χ0) is 16.4. The van der Waals surface area contributed by atoms with Gasteiger partial charge in [0, 0.05) is 25.6 Å². The zero-order valence-electron chi connectivity index (χ0n) is 13.2. The summed E-state index contributed by atoms with van der Waals surface area (Å²) in [6.07, 6.45) is 4.06. The Kier molecular flexibility index (Phi) is 7.99. The molecule has 1 aromatic rings. The van der Waals surface area contributed by atoms with Crippen molar-refractivity contribution in [2.24, 2.45) is 0 Å². The molecule has 0 aliphatic rings. The first-order valence-electron chi connectivity index (χ1n) is 7.42. The summed E-state index contributed by atoms with van der Waals surface area (Å²) in [7, 11) is 2.92. The average molecular weight is 308 g/mol. The fourth-order valence-electron chi connectivity index (χ4n) is 1.97. The number of hydroxylamine groups is 2. The number of ether oxygens (including phenoxy) is 1. The number of benzene rings is 1. The number of carbonyl (C=O) groups is 2. The molecule has 0 saturated carbocycles. The van der Waals surface area contributed by atoms with Crippen LogP contribution in [0.25, 0.3) is 0 Å². The van der Waals surface area contributed by atoms with Crippen LogP contribution in [0.4, 0.5) is 5.69 Å². The molecule has 6 nitrogen and oxygen atoms in total. The maximum Gasteiger partial charge on any atom is 0.245 e. The maximum atomic E-state index is 11.8. The lowest BCUT2D eigenvalue weighted by Crippen LogP contribution is -2.21. The topological polar surface area (TPSA) is 78.9 Å². The minimum Gasteiger partial charge on any atom is -0.497 e. The number of carbonyl (C=O) groups excluding carboxylic acids is 2. The molecule has 0 aliphatic heterocycles. The van der Waals surface area contributed by atoms with E-state index in [1.165, 1.54) is 7.05 Å². The molecule has 0 unspecified atom stereocenters. The summed E-state index contributed by atoms with van der Waals surface area (Å²) in [4.78, 5) is 22.9. The number of nitrogens with one attached hydrogen (secondary N) is 1. The third-order valence-electron chi connectivity index (χ3n) is 3.28. The molecule has 0 saturated heterocycles. The highest BCUT2D eigenvalue weighted by Crippen LogP contribution is 2.15. The Morgan fingerprint density at radius 2 is 1.68 bits per heavy atom. The predicted molar refractivity (Wildman–Crippen MR) is 83.9 cm³/mol. The molecule has 1 rings (SSSR count). The van der Waals surface area contributed by atoms with E-state index in [9.17, 15) is 9.59 Å². The molecule has 0 aliphatic carbocycles. The maximum absolute atomic E-state index is 11.8. The highest BCUT2D eigenvalue weighted by atomic mass is 16.5. The van der Waals surface area contributed by atoms with Crippen molar-refractivity contribution in [2.45, 2.75) is 38.5 Å². The highest BCUT2D eigenvalue weighted by Gasteiger charge is 2.05. The molecule has 0 atom stereocenters. The minimum atomic E-state index is -0.280. The molecule has 0 spiro atoms. The monoisotopic (exact) mass is 308 g/mol. The molecule has 0 radical (unpaired) electrons. The number of hydrogen-bond acceptors (Lipinski definition) is 4. The van der Waals surface area contributed by atoms with Crippen LogP contribution in [0, 0.1) is 0 Å². The Morgan fingerprint density at radius 3 is 2.23 bits per heavy atom. The van der Waals surface area contributed by atoms with Gasteiger partial charge in [-0.2, -0.15) is 0 Å². The summed E-state index contributed by atoms with van der Waals surface area (Å²) in [5.41, 5.74) is 0.752. The van der Waals surface area contributed by atoms with Crippen LogP contribution in [-0.4, -0.2) is 36.2 Å². The van der Waals surface area contributed by atoms with Crippen LogP contribution in [0.2, 0.25) is 0 Å². The molecule has 0 bridgehead atoms. The van der Waals surface area contributed by atoms with Gasteiger partial charge in [-0.05, 0) is 37.1 Å². The Bertz CT molecular complexity index is 472. The fraction of sp³-hybridized carbons (Fsp3) is 0.500. The van der Waals surface area contributed by atoms with Gasteiger partial charge in [0.2, 0.25) is 11.8 Å². The summed E-state index contributed by atoms with van der Waals surface area (Å²) in [6, 6.07) is 7.19. The van der Waals surface area contributed by atoms with Crippen LogP contribution in [0.5, 0.6) is 5.75 Å². The number of rotatable bonds is 9. The quantitative estimate of drug-likeness (QED) is 0.418. The van der Waals surface area contributed by atoms with Crippen LogP contribution in [0.3, 0.4) is 0 Å². The molecule has 22 heavy (non-hydrogen) atoms. The van der Waals surface area contributed by atoms with Crippen molar-refractivity contribution in [1.82, 2.24) is 5.06 Å². The summed E-state index contributed by atoms with van der Waals surface area (Å²) >= 11 is 0. The van der Waals surface area contributed by atoms with Crippen molar-refractivity contribution in [1.29, 1.82) is 0 Å². The van der Waals surface area contributed by atoms with Crippen LogP contribution in [0.1, 0.15) is 38.5 Å². The summed E-state index contributed by atoms with van der Waals surface area (Å²) < 4.78 is 5.05. The van der Waals surface area contributed by atoms with Crippen LogP contribution < -0.4 is 10.1 Å². The first-order valence-corrected chi connectivity index (χ1v) is 7.42. The van der Waals surface area contributed by atoms with E-state index in [1.54, 1.807) is 31.4 Å². The van der Waals surface area contributed by atoms with Crippen molar-refractivity contribution in [3.8, 4) is 5.75 Å². The molecule has 0 aromatic heterocycles. The van der Waals surface area contributed by atoms with E-state index in [2.05, 4.69) is 5.32 Å². The number of amides is 2. The lowest BCUT2D eigenvalue weighted by Gasteiger charge is -2.08. The molecule has 6 heteroatoms. The predicted octanol–water partition coefficient (Wildman–Crippen LogP) is 2.82. The Morgan fingerprint density at radius 1 is 1.09 bits per heavy atom. The van der Waals surface area contributed by atoms with Gasteiger partial charge >= 0.3 is 0 Å². The number of nitrogens with zero attached hydrogens (tertiary/aromatic N) is 1. The molecular weight excluding hydrogens is 284 g/mol. The Labute approximate surface area is 131 Å². The largest absolute Gasteiger partial charge is 0.497 e.